The molecule has 31 heavy (non-hydrogen) atoms. The number of likely N-dealkylation sites (N-methyl/N-ethyl adjacent to an activating group) is 1. The molecular formula is C21H21N3O7. The quantitative estimate of drug-likeness (QED) is 0.530. The average molecular weight is 427 g/mol. The van der Waals surface area contributed by atoms with Crippen LogP contribution in [0.1, 0.15) is 25.0 Å². The molecule has 10 nitrogen and oxygen atoms in total. The predicted molar refractivity (Wildman–Crippen MR) is 113 cm³/mol. The van der Waals surface area contributed by atoms with E-state index in [-0.39, 0.29) is 22.9 Å². The Morgan fingerprint density at radius 3 is 2.35 bits per heavy atom. The van der Waals surface area contributed by atoms with Crippen LogP contribution in [0.3, 0.4) is 0 Å². The summed E-state index contributed by atoms with van der Waals surface area (Å²) < 4.78 is 17.1. The largest absolute Gasteiger partial charge is 0.490 e. The molecule has 0 unspecified atom stereocenters. The zero-order valence-corrected chi connectivity index (χ0v) is 17.7. The van der Waals surface area contributed by atoms with Gasteiger partial charge in [-0.3, -0.25) is 20.2 Å². The van der Waals surface area contributed by atoms with Gasteiger partial charge in [0, 0.05) is 30.9 Å². The lowest BCUT2D eigenvalue weighted by Crippen LogP contribution is -2.58. The Balaban J connectivity index is 1.91. The summed E-state index contributed by atoms with van der Waals surface area (Å²) in [6.07, 6.45) is 3.53. The first-order valence-electron chi connectivity index (χ1n) is 9.43. The van der Waals surface area contributed by atoms with E-state index >= 15 is 0 Å². The Morgan fingerprint density at radius 2 is 1.77 bits per heavy atom. The minimum Gasteiger partial charge on any atom is -0.490 e. The Kier molecular flexibility index (Phi) is 4.35. The molecule has 2 aromatic rings. The molecule has 1 atom stereocenters. The van der Waals surface area contributed by atoms with Crippen LogP contribution in [-0.2, 0) is 5.41 Å². The second-order valence-corrected chi connectivity index (χ2v) is 7.90. The number of nitro benzene ring substituents is 2. The molecule has 2 aromatic carbocycles. The van der Waals surface area contributed by atoms with E-state index in [1.165, 1.54) is 26.4 Å². The number of nitrogens with zero attached hydrogens (tertiary/aromatic N) is 3. The van der Waals surface area contributed by atoms with Crippen molar-refractivity contribution in [3.05, 3.63) is 61.7 Å². The monoisotopic (exact) mass is 427 g/mol. The van der Waals surface area contributed by atoms with E-state index in [2.05, 4.69) is 0 Å². The maximum Gasteiger partial charge on any atom is 0.353 e. The lowest BCUT2D eigenvalue weighted by atomic mass is 9.76. The fourth-order valence-corrected chi connectivity index (χ4v) is 4.53. The molecule has 0 aliphatic carbocycles. The van der Waals surface area contributed by atoms with E-state index in [9.17, 15) is 20.2 Å². The van der Waals surface area contributed by atoms with Crippen molar-refractivity contribution in [1.82, 2.24) is 0 Å². The third-order valence-corrected chi connectivity index (χ3v) is 6.19. The molecule has 0 fully saturated rings. The normalized spacial score (nSPS) is 20.1. The molecule has 0 saturated carbocycles. The summed E-state index contributed by atoms with van der Waals surface area (Å²) in [6.45, 7) is 3.88. The Morgan fingerprint density at radius 1 is 1.06 bits per heavy atom. The fourth-order valence-electron chi connectivity index (χ4n) is 4.53. The van der Waals surface area contributed by atoms with Gasteiger partial charge in [-0.1, -0.05) is 0 Å². The number of methoxy groups -OCH3 is 2. The number of hydrogen-bond donors (Lipinski definition) is 0. The van der Waals surface area contributed by atoms with E-state index in [0.29, 0.717) is 11.3 Å². The molecular weight excluding hydrogens is 406 g/mol. The van der Waals surface area contributed by atoms with Crippen LogP contribution in [0, 0.1) is 20.2 Å². The number of non-ortho nitro benzene ring substituents is 1. The van der Waals surface area contributed by atoms with Crippen LogP contribution in [-0.4, -0.2) is 36.8 Å². The molecule has 0 saturated heterocycles. The molecule has 0 aromatic heterocycles. The van der Waals surface area contributed by atoms with Crippen molar-refractivity contribution in [3.8, 4) is 17.2 Å². The molecule has 2 aliphatic rings. The van der Waals surface area contributed by atoms with Crippen molar-refractivity contribution in [2.75, 3.05) is 26.2 Å². The van der Waals surface area contributed by atoms with Crippen LogP contribution in [0.5, 0.6) is 17.2 Å². The highest BCUT2D eigenvalue weighted by molar-refractivity contribution is 5.79. The van der Waals surface area contributed by atoms with Gasteiger partial charge < -0.3 is 19.1 Å². The third kappa shape index (κ3) is 2.57. The summed E-state index contributed by atoms with van der Waals surface area (Å²) in [4.78, 5) is 23.8. The molecule has 0 radical (unpaired) electrons. The topological polar surface area (TPSA) is 117 Å². The Labute approximate surface area is 177 Å². The summed E-state index contributed by atoms with van der Waals surface area (Å²) in [6, 6.07) is 6.19. The second kappa shape index (κ2) is 6.59. The molecule has 10 heteroatoms. The highest BCUT2D eigenvalue weighted by atomic mass is 16.6. The predicted octanol–water partition coefficient (Wildman–Crippen LogP) is 4.05. The second-order valence-electron chi connectivity index (χ2n) is 7.90. The van der Waals surface area contributed by atoms with Crippen LogP contribution in [0.25, 0.3) is 6.08 Å². The van der Waals surface area contributed by atoms with Gasteiger partial charge in [0.2, 0.25) is 17.2 Å². The molecule has 0 bridgehead atoms. The van der Waals surface area contributed by atoms with E-state index in [4.69, 9.17) is 14.2 Å². The van der Waals surface area contributed by atoms with E-state index in [1.807, 2.05) is 25.8 Å². The van der Waals surface area contributed by atoms with Crippen LogP contribution < -0.4 is 19.1 Å². The van der Waals surface area contributed by atoms with Crippen molar-refractivity contribution < 1.29 is 24.1 Å². The maximum atomic E-state index is 11.6. The smallest absolute Gasteiger partial charge is 0.353 e. The summed E-state index contributed by atoms with van der Waals surface area (Å²) in [7, 11) is 4.53. The average Bonchev–Trinajstić information content (AvgIpc) is 2.89. The van der Waals surface area contributed by atoms with Gasteiger partial charge in [0.05, 0.1) is 35.0 Å². The van der Waals surface area contributed by atoms with E-state index < -0.39 is 21.0 Å². The number of hydrogen-bond acceptors (Lipinski definition) is 8. The van der Waals surface area contributed by atoms with Gasteiger partial charge in [-0.05, 0) is 37.6 Å². The van der Waals surface area contributed by atoms with Crippen LogP contribution in [0.4, 0.5) is 17.1 Å². The van der Waals surface area contributed by atoms with Gasteiger partial charge in [0.1, 0.15) is 5.75 Å². The summed E-state index contributed by atoms with van der Waals surface area (Å²) in [5.74, 6) is 0.402. The fraction of sp³-hybridized carbons (Fsp3) is 0.333. The maximum absolute atomic E-state index is 11.6. The van der Waals surface area contributed by atoms with Crippen LogP contribution in [0.2, 0.25) is 0 Å². The molecule has 1 spiro atoms. The highest BCUT2D eigenvalue weighted by Crippen LogP contribution is 2.57. The lowest BCUT2D eigenvalue weighted by Gasteiger charge is -2.45. The lowest BCUT2D eigenvalue weighted by molar-refractivity contribution is -0.386. The third-order valence-electron chi connectivity index (χ3n) is 6.19. The van der Waals surface area contributed by atoms with Gasteiger partial charge in [-0.15, -0.1) is 0 Å². The summed E-state index contributed by atoms with van der Waals surface area (Å²) in [5, 5.41) is 22.9. The Hall–Kier alpha value is -3.82. The number of ether oxygens (including phenoxy) is 3. The van der Waals surface area contributed by atoms with Crippen molar-refractivity contribution in [2.24, 2.45) is 0 Å². The first-order chi connectivity index (χ1) is 14.6. The van der Waals surface area contributed by atoms with Gasteiger partial charge >= 0.3 is 5.69 Å². The molecule has 0 amide bonds. The zero-order valence-electron chi connectivity index (χ0n) is 17.7. The number of rotatable bonds is 4. The van der Waals surface area contributed by atoms with Crippen LogP contribution >= 0.6 is 0 Å². The number of nitro groups is 2. The SMILES string of the molecule is COc1cc2c(c(OC)c1[N+](=O)[O-])C=C[C@]1(O2)N(C)c2ccc([N+](=O)[O-])cc2C1(C)C. The minimum atomic E-state index is -1.02. The van der Waals surface area contributed by atoms with Crippen molar-refractivity contribution in [3.63, 3.8) is 0 Å². The van der Waals surface area contributed by atoms with Crippen molar-refractivity contribution in [2.45, 2.75) is 25.0 Å². The highest BCUT2D eigenvalue weighted by Gasteiger charge is 2.58. The molecule has 0 N–H and O–H groups in total. The van der Waals surface area contributed by atoms with Gasteiger partial charge in [-0.25, -0.2) is 0 Å². The minimum absolute atomic E-state index is 0.00331. The molecule has 2 heterocycles. The summed E-state index contributed by atoms with van der Waals surface area (Å²) >= 11 is 0. The number of anilines is 1. The molecule has 4 rings (SSSR count). The summed E-state index contributed by atoms with van der Waals surface area (Å²) in [5.41, 5.74) is -0.0275. The van der Waals surface area contributed by atoms with Crippen molar-refractivity contribution in [1.29, 1.82) is 0 Å². The molecule has 162 valence electrons. The number of benzene rings is 2. The standard InChI is InChI=1S/C21H21N3O7/c1-20(2)14-10-12(23(25)26)6-7-15(14)22(3)21(20)9-8-13-16(31-21)11-17(29-4)18(24(27)28)19(13)30-5/h6-11H,1-5H3/t21-/m1/s1. The number of fused-ring (bicyclic) bond motifs is 2. The van der Waals surface area contributed by atoms with Gasteiger partial charge in [0.25, 0.3) is 5.69 Å². The van der Waals surface area contributed by atoms with Crippen molar-refractivity contribution >= 4 is 23.1 Å². The first kappa shape index (κ1) is 20.5. The molecule has 2 aliphatic heterocycles. The van der Waals surface area contributed by atoms with Gasteiger partial charge in [-0.2, -0.15) is 0 Å². The zero-order chi connectivity index (χ0) is 22.7. The van der Waals surface area contributed by atoms with Crippen LogP contribution in [0.15, 0.2) is 30.3 Å². The van der Waals surface area contributed by atoms with E-state index in [1.54, 1.807) is 24.3 Å². The Bertz CT molecular complexity index is 1160. The van der Waals surface area contributed by atoms with E-state index in [0.717, 1.165) is 11.3 Å². The first-order valence-corrected chi connectivity index (χ1v) is 9.43. The van der Waals surface area contributed by atoms with Gasteiger partial charge in [0.15, 0.2) is 0 Å².